The number of hydrogen-bond donors (Lipinski definition) is 3. The first-order valence-electron chi connectivity index (χ1n) is 11.9. The minimum Gasteiger partial charge on any atom is -0.493 e. The molecule has 3 aromatic rings. The van der Waals surface area contributed by atoms with Crippen molar-refractivity contribution in [2.24, 2.45) is 0 Å². The molecule has 4 rings (SSSR count). The SMILES string of the molecule is CCCOc1cc(Oc2ccc3c(c2)C[C@@H](NC[C@H](O)c2cccc(Cl)c2)CC3)cc(C(=O)O)c1.Cl. The van der Waals surface area contributed by atoms with Gasteiger partial charge in [0.05, 0.1) is 18.3 Å². The van der Waals surface area contributed by atoms with E-state index in [2.05, 4.69) is 11.4 Å². The topological polar surface area (TPSA) is 88.0 Å². The smallest absolute Gasteiger partial charge is 0.335 e. The first-order valence-corrected chi connectivity index (χ1v) is 12.3. The van der Waals surface area contributed by atoms with Crippen LogP contribution in [0.4, 0.5) is 0 Å². The number of fused-ring (bicyclic) bond motifs is 1. The lowest BCUT2D eigenvalue weighted by molar-refractivity contribution is 0.0696. The molecule has 3 N–H and O–H groups in total. The van der Waals surface area contributed by atoms with E-state index in [0.717, 1.165) is 31.2 Å². The number of hydrogen-bond acceptors (Lipinski definition) is 5. The number of carbonyl (C=O) groups is 1. The number of aliphatic hydroxyl groups excluding tert-OH is 1. The second-order valence-corrected chi connectivity index (χ2v) is 9.23. The molecule has 0 radical (unpaired) electrons. The lowest BCUT2D eigenvalue weighted by atomic mass is 9.88. The van der Waals surface area contributed by atoms with Crippen molar-refractivity contribution in [1.82, 2.24) is 5.32 Å². The molecule has 0 heterocycles. The fourth-order valence-corrected chi connectivity index (χ4v) is 4.47. The zero-order chi connectivity index (χ0) is 24.8. The van der Waals surface area contributed by atoms with Crippen LogP contribution in [0.15, 0.2) is 60.7 Å². The van der Waals surface area contributed by atoms with Crippen molar-refractivity contribution >= 4 is 30.0 Å². The van der Waals surface area contributed by atoms with Gasteiger partial charge in [0, 0.05) is 23.7 Å². The third-order valence-electron chi connectivity index (χ3n) is 6.08. The van der Waals surface area contributed by atoms with Crippen molar-refractivity contribution in [2.45, 2.75) is 44.8 Å². The number of carboxylic acids is 1. The van der Waals surface area contributed by atoms with Gasteiger partial charge in [-0.15, -0.1) is 12.4 Å². The summed E-state index contributed by atoms with van der Waals surface area (Å²) in [4.78, 5) is 11.5. The maximum absolute atomic E-state index is 11.5. The van der Waals surface area contributed by atoms with Gasteiger partial charge in [0.1, 0.15) is 17.2 Å². The first-order chi connectivity index (χ1) is 16.9. The number of halogens is 2. The van der Waals surface area contributed by atoms with Gasteiger partial charge < -0.3 is 25.0 Å². The van der Waals surface area contributed by atoms with Crippen LogP contribution >= 0.6 is 24.0 Å². The quantitative estimate of drug-likeness (QED) is 0.287. The Labute approximate surface area is 222 Å². The van der Waals surface area contributed by atoms with Crippen LogP contribution in [0.5, 0.6) is 17.2 Å². The van der Waals surface area contributed by atoms with Crippen molar-refractivity contribution in [3.63, 3.8) is 0 Å². The largest absolute Gasteiger partial charge is 0.493 e. The fourth-order valence-electron chi connectivity index (χ4n) is 4.27. The van der Waals surface area contributed by atoms with Gasteiger partial charge in [-0.2, -0.15) is 0 Å². The summed E-state index contributed by atoms with van der Waals surface area (Å²) in [6.07, 6.45) is 2.92. The Morgan fingerprint density at radius 1 is 1.08 bits per heavy atom. The maximum atomic E-state index is 11.5. The molecule has 0 saturated heterocycles. The van der Waals surface area contributed by atoms with Crippen LogP contribution in [0.25, 0.3) is 0 Å². The highest BCUT2D eigenvalue weighted by molar-refractivity contribution is 6.30. The highest BCUT2D eigenvalue weighted by atomic mass is 35.5. The standard InChI is InChI=1S/C28H30ClNO5.ClH/c1-2-10-34-25-14-21(28(32)33)15-26(16-25)35-24-9-7-18-6-8-23(12-20(18)13-24)30-17-27(31)19-4-3-5-22(29)11-19;/h3-5,7,9,11,13-16,23,27,30-31H,2,6,8,10,12,17H2,1H3,(H,32,33);1H/t23-,27-;/m0./s1. The molecule has 1 aliphatic rings. The van der Waals surface area contributed by atoms with E-state index in [4.69, 9.17) is 21.1 Å². The van der Waals surface area contributed by atoms with Crippen LogP contribution in [-0.2, 0) is 12.8 Å². The molecular weight excluding hydrogens is 501 g/mol. The van der Waals surface area contributed by atoms with Gasteiger partial charge in [0.15, 0.2) is 0 Å². The summed E-state index contributed by atoms with van der Waals surface area (Å²) in [6, 6.07) is 18.2. The van der Waals surface area contributed by atoms with Gasteiger partial charge in [0.2, 0.25) is 0 Å². The number of carboxylic acid groups (broad SMARTS) is 1. The van der Waals surface area contributed by atoms with Gasteiger partial charge in [-0.05, 0) is 78.8 Å². The van der Waals surface area contributed by atoms with E-state index < -0.39 is 12.1 Å². The monoisotopic (exact) mass is 531 g/mol. The van der Waals surface area contributed by atoms with E-state index in [1.807, 2.05) is 31.2 Å². The summed E-state index contributed by atoms with van der Waals surface area (Å²) in [5.41, 5.74) is 3.37. The molecular formula is C28H31Cl2NO5. The lowest BCUT2D eigenvalue weighted by Crippen LogP contribution is -2.37. The second kappa shape index (κ2) is 13.0. The molecule has 0 aromatic heterocycles. The zero-order valence-corrected chi connectivity index (χ0v) is 21.6. The van der Waals surface area contributed by atoms with Crippen molar-refractivity contribution in [3.8, 4) is 17.2 Å². The van der Waals surface area contributed by atoms with Gasteiger partial charge in [-0.25, -0.2) is 4.79 Å². The zero-order valence-electron chi connectivity index (χ0n) is 20.1. The van der Waals surface area contributed by atoms with Crippen LogP contribution in [0.3, 0.4) is 0 Å². The Morgan fingerprint density at radius 2 is 1.89 bits per heavy atom. The van der Waals surface area contributed by atoms with Crippen molar-refractivity contribution in [2.75, 3.05) is 13.2 Å². The number of aliphatic hydroxyl groups is 1. The van der Waals surface area contributed by atoms with E-state index in [1.165, 1.54) is 23.3 Å². The third kappa shape index (κ3) is 7.37. The molecule has 0 spiro atoms. The Hall–Kier alpha value is -2.77. The highest BCUT2D eigenvalue weighted by Crippen LogP contribution is 2.31. The molecule has 3 aromatic carbocycles. The number of aromatic carboxylic acids is 1. The first kappa shape index (κ1) is 27.8. The summed E-state index contributed by atoms with van der Waals surface area (Å²) in [7, 11) is 0. The van der Waals surface area contributed by atoms with Crippen molar-refractivity contribution in [1.29, 1.82) is 0 Å². The van der Waals surface area contributed by atoms with Crippen LogP contribution in [-0.4, -0.2) is 35.4 Å². The molecule has 1 aliphatic carbocycles. The van der Waals surface area contributed by atoms with Gasteiger partial charge >= 0.3 is 5.97 Å². The molecule has 0 fully saturated rings. The van der Waals surface area contributed by atoms with Crippen LogP contribution in [0, 0.1) is 0 Å². The summed E-state index contributed by atoms with van der Waals surface area (Å²) >= 11 is 6.04. The summed E-state index contributed by atoms with van der Waals surface area (Å²) in [5, 5.41) is 24.1. The third-order valence-corrected chi connectivity index (χ3v) is 6.31. The van der Waals surface area contributed by atoms with Crippen LogP contribution in [0.1, 0.15) is 52.9 Å². The Bertz CT molecular complexity index is 1190. The average molecular weight is 532 g/mol. The predicted octanol–water partition coefficient (Wildman–Crippen LogP) is 6.22. The minimum atomic E-state index is -1.03. The lowest BCUT2D eigenvalue weighted by Gasteiger charge is -2.27. The molecule has 2 atom stereocenters. The van der Waals surface area contributed by atoms with Gasteiger partial charge in [0.25, 0.3) is 0 Å². The molecule has 0 amide bonds. The number of ether oxygens (including phenoxy) is 2. The fraction of sp³-hybridized carbons (Fsp3) is 0.321. The summed E-state index contributed by atoms with van der Waals surface area (Å²) in [6.45, 7) is 2.94. The molecule has 192 valence electrons. The highest BCUT2D eigenvalue weighted by Gasteiger charge is 2.20. The molecule has 0 unspecified atom stereocenters. The van der Waals surface area contributed by atoms with Gasteiger partial charge in [-0.1, -0.05) is 36.7 Å². The van der Waals surface area contributed by atoms with E-state index in [1.54, 1.807) is 18.2 Å². The van der Waals surface area contributed by atoms with Crippen molar-refractivity contribution < 1.29 is 24.5 Å². The normalized spacial score (nSPS) is 15.4. The second-order valence-electron chi connectivity index (χ2n) is 8.80. The predicted molar refractivity (Wildman–Crippen MR) is 143 cm³/mol. The van der Waals surface area contributed by atoms with E-state index in [9.17, 15) is 15.0 Å². The van der Waals surface area contributed by atoms with Gasteiger partial charge in [-0.3, -0.25) is 0 Å². The van der Waals surface area contributed by atoms with Crippen LogP contribution < -0.4 is 14.8 Å². The molecule has 0 bridgehead atoms. The number of benzene rings is 3. The summed E-state index contributed by atoms with van der Waals surface area (Å²) in [5.74, 6) is 0.511. The maximum Gasteiger partial charge on any atom is 0.335 e. The number of aryl methyl sites for hydroxylation is 1. The average Bonchev–Trinajstić information content (AvgIpc) is 2.85. The molecule has 8 heteroatoms. The molecule has 0 saturated carbocycles. The van der Waals surface area contributed by atoms with Crippen molar-refractivity contribution in [3.05, 3.63) is 87.9 Å². The minimum absolute atomic E-state index is 0. The Morgan fingerprint density at radius 3 is 2.64 bits per heavy atom. The summed E-state index contributed by atoms with van der Waals surface area (Å²) < 4.78 is 11.7. The molecule has 36 heavy (non-hydrogen) atoms. The number of nitrogens with one attached hydrogen (secondary N) is 1. The molecule has 0 aliphatic heterocycles. The Kier molecular flexibility index (Phi) is 10.0. The van der Waals surface area contributed by atoms with Crippen LogP contribution in [0.2, 0.25) is 5.02 Å². The Balaban J connectivity index is 0.00000361. The number of rotatable bonds is 10. The molecule has 6 nitrogen and oxygen atoms in total. The van der Waals surface area contributed by atoms with E-state index in [-0.39, 0.29) is 24.0 Å². The van der Waals surface area contributed by atoms with E-state index in [0.29, 0.717) is 35.4 Å². The van der Waals surface area contributed by atoms with E-state index >= 15 is 0 Å².